The first-order valence-electron chi connectivity index (χ1n) is 6.52. The predicted molar refractivity (Wildman–Crippen MR) is 89.5 cm³/mol. The van der Waals surface area contributed by atoms with Crippen LogP contribution in [0.2, 0.25) is 0 Å². The fourth-order valence-electron chi connectivity index (χ4n) is 2.41. The van der Waals surface area contributed by atoms with Gasteiger partial charge in [-0.3, -0.25) is 4.79 Å². The van der Waals surface area contributed by atoms with Gasteiger partial charge in [0.05, 0.1) is 5.56 Å². The minimum atomic E-state index is 0.109. The summed E-state index contributed by atoms with van der Waals surface area (Å²) in [5.74, 6) is 0.109. The maximum Gasteiger partial charge on any atom is 0.255 e. The average Bonchev–Trinajstić information content (AvgIpc) is 2.69. The normalized spacial score (nSPS) is 19.8. The molecule has 0 spiro atoms. The zero-order valence-electron chi connectivity index (χ0n) is 11.0. The van der Waals surface area contributed by atoms with Gasteiger partial charge in [0, 0.05) is 21.1 Å². The monoisotopic (exact) mass is 436 g/mol. The van der Waals surface area contributed by atoms with Crippen molar-refractivity contribution in [1.82, 2.24) is 10.2 Å². The number of hydrogen-bond donors (Lipinski definition) is 1. The summed E-state index contributed by atoms with van der Waals surface area (Å²) in [6, 6.07) is 6.22. The molecule has 19 heavy (non-hydrogen) atoms. The van der Waals surface area contributed by atoms with Gasteiger partial charge in [-0.05, 0) is 89.1 Å². The Labute approximate surface area is 136 Å². The number of nitrogens with one attached hydrogen (secondary N) is 1. The van der Waals surface area contributed by atoms with Crippen LogP contribution in [0.3, 0.4) is 0 Å². The molecule has 0 radical (unpaired) electrons. The molecule has 0 bridgehead atoms. The molecule has 1 aliphatic heterocycles. The second kappa shape index (κ2) is 7.04. The highest BCUT2D eigenvalue weighted by atomic mass is 127. The summed E-state index contributed by atoms with van der Waals surface area (Å²) in [5.41, 5.74) is 0.756. The number of carbonyl (C=O) groups is 1. The third-order valence-corrected chi connectivity index (χ3v) is 4.93. The van der Waals surface area contributed by atoms with Gasteiger partial charge >= 0.3 is 0 Å². The van der Waals surface area contributed by atoms with E-state index in [1.807, 2.05) is 30.1 Å². The van der Waals surface area contributed by atoms with E-state index in [2.05, 4.69) is 43.8 Å². The van der Waals surface area contributed by atoms with Gasteiger partial charge in [0.1, 0.15) is 0 Å². The maximum atomic E-state index is 12.6. The van der Waals surface area contributed by atoms with Gasteiger partial charge in [-0.25, -0.2) is 0 Å². The van der Waals surface area contributed by atoms with Crippen molar-refractivity contribution in [2.75, 3.05) is 20.1 Å². The van der Waals surface area contributed by atoms with E-state index in [9.17, 15) is 4.79 Å². The highest BCUT2D eigenvalue weighted by molar-refractivity contribution is 14.1. The number of halogens is 2. The SMILES string of the molecule is CN(C(=O)c1cc(I)ccc1Br)C1CCCNCC1. The quantitative estimate of drug-likeness (QED) is 0.721. The number of nitrogens with zero attached hydrogens (tertiary/aromatic N) is 1. The molecule has 104 valence electrons. The van der Waals surface area contributed by atoms with E-state index in [1.54, 1.807) is 0 Å². The number of amides is 1. The van der Waals surface area contributed by atoms with E-state index >= 15 is 0 Å². The highest BCUT2D eigenvalue weighted by Crippen LogP contribution is 2.23. The summed E-state index contributed by atoms with van der Waals surface area (Å²) >= 11 is 5.71. The summed E-state index contributed by atoms with van der Waals surface area (Å²) in [6.07, 6.45) is 3.25. The summed E-state index contributed by atoms with van der Waals surface area (Å²) in [7, 11) is 1.92. The second-order valence-electron chi connectivity index (χ2n) is 4.87. The van der Waals surface area contributed by atoms with Crippen molar-refractivity contribution in [3.8, 4) is 0 Å². The highest BCUT2D eigenvalue weighted by Gasteiger charge is 2.23. The van der Waals surface area contributed by atoms with Crippen LogP contribution in [0.4, 0.5) is 0 Å². The third-order valence-electron chi connectivity index (χ3n) is 3.57. The average molecular weight is 437 g/mol. The molecule has 1 saturated heterocycles. The van der Waals surface area contributed by atoms with Crippen LogP contribution in [0, 0.1) is 3.57 Å². The summed E-state index contributed by atoms with van der Waals surface area (Å²) in [6.45, 7) is 2.06. The lowest BCUT2D eigenvalue weighted by atomic mass is 10.1. The molecule has 1 aliphatic rings. The number of rotatable bonds is 2. The van der Waals surface area contributed by atoms with E-state index < -0.39 is 0 Å². The molecule has 2 rings (SSSR count). The van der Waals surface area contributed by atoms with Gasteiger partial charge in [0.25, 0.3) is 5.91 Å². The van der Waals surface area contributed by atoms with Crippen LogP contribution in [0.15, 0.2) is 22.7 Å². The van der Waals surface area contributed by atoms with E-state index in [0.29, 0.717) is 6.04 Å². The van der Waals surface area contributed by atoms with Crippen LogP contribution < -0.4 is 5.32 Å². The Kier molecular flexibility index (Phi) is 5.65. The first-order valence-corrected chi connectivity index (χ1v) is 8.39. The van der Waals surface area contributed by atoms with Crippen molar-refractivity contribution in [3.05, 3.63) is 31.8 Å². The van der Waals surface area contributed by atoms with Crippen molar-refractivity contribution in [2.45, 2.75) is 25.3 Å². The van der Waals surface area contributed by atoms with Gasteiger partial charge in [0.2, 0.25) is 0 Å². The Morgan fingerprint density at radius 2 is 2.21 bits per heavy atom. The Balaban J connectivity index is 2.15. The molecule has 1 N–H and O–H groups in total. The summed E-state index contributed by atoms with van der Waals surface area (Å²) in [4.78, 5) is 14.5. The van der Waals surface area contributed by atoms with Gasteiger partial charge in [-0.1, -0.05) is 0 Å². The topological polar surface area (TPSA) is 32.3 Å². The molecule has 1 aromatic rings. The lowest BCUT2D eigenvalue weighted by Crippen LogP contribution is -2.37. The molecule has 3 nitrogen and oxygen atoms in total. The number of hydrogen-bond acceptors (Lipinski definition) is 2. The minimum absolute atomic E-state index is 0.109. The zero-order chi connectivity index (χ0) is 13.8. The molecule has 0 saturated carbocycles. The Morgan fingerprint density at radius 3 is 3.00 bits per heavy atom. The lowest BCUT2D eigenvalue weighted by molar-refractivity contribution is 0.0719. The smallest absolute Gasteiger partial charge is 0.255 e. The van der Waals surface area contributed by atoms with Crippen molar-refractivity contribution < 1.29 is 4.79 Å². The second-order valence-corrected chi connectivity index (χ2v) is 6.97. The fraction of sp³-hybridized carbons (Fsp3) is 0.500. The molecule has 0 aliphatic carbocycles. The first kappa shape index (κ1) is 15.3. The third kappa shape index (κ3) is 3.92. The Morgan fingerprint density at radius 1 is 1.42 bits per heavy atom. The van der Waals surface area contributed by atoms with E-state index in [0.717, 1.165) is 46.0 Å². The molecular weight excluding hydrogens is 419 g/mol. The largest absolute Gasteiger partial charge is 0.339 e. The molecule has 1 unspecified atom stereocenters. The predicted octanol–water partition coefficient (Wildman–Crippen LogP) is 3.27. The molecule has 1 aromatic carbocycles. The van der Waals surface area contributed by atoms with Gasteiger partial charge in [-0.15, -0.1) is 0 Å². The van der Waals surface area contributed by atoms with E-state index in [4.69, 9.17) is 0 Å². The van der Waals surface area contributed by atoms with Crippen molar-refractivity contribution in [3.63, 3.8) is 0 Å². The minimum Gasteiger partial charge on any atom is -0.339 e. The maximum absolute atomic E-state index is 12.6. The van der Waals surface area contributed by atoms with Gasteiger partial charge in [-0.2, -0.15) is 0 Å². The fourth-order valence-corrected chi connectivity index (χ4v) is 3.31. The van der Waals surface area contributed by atoms with Crippen molar-refractivity contribution in [2.24, 2.45) is 0 Å². The van der Waals surface area contributed by atoms with Crippen LogP contribution in [0.1, 0.15) is 29.6 Å². The Bertz CT molecular complexity index is 459. The molecule has 1 amide bonds. The number of benzene rings is 1. The number of carbonyl (C=O) groups excluding carboxylic acids is 1. The summed E-state index contributed by atoms with van der Waals surface area (Å²) in [5, 5.41) is 3.38. The van der Waals surface area contributed by atoms with Gasteiger partial charge in [0.15, 0.2) is 0 Å². The molecule has 1 atom stereocenters. The van der Waals surface area contributed by atoms with Crippen LogP contribution in [0.5, 0.6) is 0 Å². The molecule has 0 aromatic heterocycles. The van der Waals surface area contributed by atoms with E-state index in [1.165, 1.54) is 0 Å². The first-order chi connectivity index (χ1) is 9.09. The van der Waals surface area contributed by atoms with Crippen LogP contribution in [-0.4, -0.2) is 37.0 Å². The summed E-state index contributed by atoms with van der Waals surface area (Å²) < 4.78 is 1.96. The lowest BCUT2D eigenvalue weighted by Gasteiger charge is -2.27. The van der Waals surface area contributed by atoms with Crippen LogP contribution in [-0.2, 0) is 0 Å². The molecule has 1 heterocycles. The van der Waals surface area contributed by atoms with E-state index in [-0.39, 0.29) is 5.91 Å². The van der Waals surface area contributed by atoms with Gasteiger partial charge < -0.3 is 10.2 Å². The molecule has 1 fully saturated rings. The van der Waals surface area contributed by atoms with Crippen LogP contribution >= 0.6 is 38.5 Å². The van der Waals surface area contributed by atoms with Crippen LogP contribution in [0.25, 0.3) is 0 Å². The zero-order valence-corrected chi connectivity index (χ0v) is 14.7. The Hall–Kier alpha value is -0.140. The van der Waals surface area contributed by atoms with Crippen molar-refractivity contribution >= 4 is 44.4 Å². The standard InChI is InChI=1S/C14H18BrIN2O/c1-18(11-3-2-7-17-8-6-11)14(19)12-9-10(16)4-5-13(12)15/h4-5,9,11,17H,2-3,6-8H2,1H3. The van der Waals surface area contributed by atoms with Crippen molar-refractivity contribution in [1.29, 1.82) is 0 Å². The molecular formula is C14H18BrIN2O. The molecule has 5 heteroatoms.